The molecule has 0 bridgehead atoms. The monoisotopic (exact) mass is 663 g/mol. The van der Waals surface area contributed by atoms with Crippen LogP contribution in [0.5, 0.6) is 0 Å². The van der Waals surface area contributed by atoms with Crippen LogP contribution in [0.2, 0.25) is 0 Å². The van der Waals surface area contributed by atoms with E-state index in [2.05, 4.69) is 170 Å². The minimum atomic E-state index is 0.862. The highest BCUT2D eigenvalue weighted by Gasteiger charge is 2.28. The number of hydrogen-bond acceptors (Lipinski definition) is 3. The van der Waals surface area contributed by atoms with Crippen LogP contribution in [-0.2, 0) is 12.8 Å². The van der Waals surface area contributed by atoms with Gasteiger partial charge in [-0.15, -0.1) is 11.3 Å². The summed E-state index contributed by atoms with van der Waals surface area (Å²) >= 11 is 1.86. The normalized spacial score (nSPS) is 13.0. The van der Waals surface area contributed by atoms with Gasteiger partial charge in [0.1, 0.15) is 11.5 Å². The van der Waals surface area contributed by atoms with Crippen LogP contribution in [0.15, 0.2) is 150 Å². The SMILES string of the molecule is C/C=C\c1c(CC)oc2c1CCC=C2c1cc(N(c2ccccc2)c2ccccc2)c(-c2ccc3sc4ccccc4c3c2)c2ccccc12. The van der Waals surface area contributed by atoms with E-state index < -0.39 is 0 Å². The molecule has 0 aliphatic heterocycles. The van der Waals surface area contributed by atoms with Gasteiger partial charge in [0.25, 0.3) is 0 Å². The Labute approximate surface area is 297 Å². The first kappa shape index (κ1) is 30.4. The number of para-hydroxylation sites is 2. The first-order chi connectivity index (χ1) is 24.7. The molecule has 8 aromatic rings. The number of anilines is 3. The molecule has 0 radical (unpaired) electrons. The van der Waals surface area contributed by atoms with E-state index in [1.165, 1.54) is 64.3 Å². The number of nitrogens with zero attached hydrogens (tertiary/aromatic N) is 1. The van der Waals surface area contributed by atoms with Crippen molar-refractivity contribution in [2.45, 2.75) is 33.1 Å². The van der Waals surface area contributed by atoms with Crippen LogP contribution in [0.1, 0.15) is 48.5 Å². The molecule has 0 unspecified atom stereocenters. The lowest BCUT2D eigenvalue weighted by Gasteiger charge is -2.30. The van der Waals surface area contributed by atoms with Crippen molar-refractivity contribution in [3.05, 3.63) is 174 Å². The van der Waals surface area contributed by atoms with Gasteiger partial charge in [-0.2, -0.15) is 0 Å². The van der Waals surface area contributed by atoms with Gasteiger partial charge < -0.3 is 9.32 Å². The number of aryl methyl sites for hydroxylation is 1. The van der Waals surface area contributed by atoms with Gasteiger partial charge >= 0.3 is 0 Å². The molecule has 2 heterocycles. The Morgan fingerprint density at radius 2 is 1.36 bits per heavy atom. The molecule has 1 aliphatic rings. The summed E-state index contributed by atoms with van der Waals surface area (Å²) in [6, 6.07) is 48.7. The number of benzene rings is 6. The van der Waals surface area contributed by atoms with E-state index in [0.29, 0.717) is 0 Å². The molecule has 6 aromatic carbocycles. The first-order valence-corrected chi connectivity index (χ1v) is 18.4. The quantitative estimate of drug-likeness (QED) is 0.169. The molecular weight excluding hydrogens is 627 g/mol. The second-order valence-corrected chi connectivity index (χ2v) is 14.0. The molecule has 0 atom stereocenters. The Hall–Kier alpha value is -5.64. The molecule has 242 valence electrons. The number of thiophene rings is 1. The van der Waals surface area contributed by atoms with Crippen molar-refractivity contribution in [1.82, 2.24) is 0 Å². The molecule has 0 amide bonds. The molecule has 0 saturated carbocycles. The lowest BCUT2D eigenvalue weighted by atomic mass is 9.85. The summed E-state index contributed by atoms with van der Waals surface area (Å²) in [5, 5.41) is 5.05. The molecule has 0 fully saturated rings. The van der Waals surface area contributed by atoms with Crippen molar-refractivity contribution in [3.63, 3.8) is 0 Å². The highest BCUT2D eigenvalue weighted by atomic mass is 32.1. The molecule has 9 rings (SSSR count). The van der Waals surface area contributed by atoms with Crippen LogP contribution in [0.3, 0.4) is 0 Å². The van der Waals surface area contributed by atoms with Crippen LogP contribution in [0.4, 0.5) is 17.1 Å². The van der Waals surface area contributed by atoms with Crippen molar-refractivity contribution >= 4 is 71.0 Å². The Bertz CT molecular complexity index is 2550. The number of hydrogen-bond donors (Lipinski definition) is 0. The van der Waals surface area contributed by atoms with E-state index in [1.54, 1.807) is 0 Å². The molecule has 0 N–H and O–H groups in total. The Balaban J connectivity index is 1.39. The molecular formula is C47H37NOS. The fourth-order valence-corrected chi connectivity index (χ4v) is 8.92. The predicted molar refractivity (Wildman–Crippen MR) is 215 cm³/mol. The largest absolute Gasteiger partial charge is 0.460 e. The fraction of sp³-hybridized carbons (Fsp3) is 0.106. The van der Waals surface area contributed by atoms with Crippen LogP contribution >= 0.6 is 11.3 Å². The summed E-state index contributed by atoms with van der Waals surface area (Å²) in [4.78, 5) is 2.43. The third-order valence-electron chi connectivity index (χ3n) is 10.0. The van der Waals surface area contributed by atoms with Crippen molar-refractivity contribution in [1.29, 1.82) is 0 Å². The van der Waals surface area contributed by atoms with E-state index in [4.69, 9.17) is 4.42 Å². The number of allylic oxidation sites excluding steroid dienone is 2. The third-order valence-corrected chi connectivity index (χ3v) is 11.2. The van der Waals surface area contributed by atoms with Crippen molar-refractivity contribution < 1.29 is 4.42 Å². The van der Waals surface area contributed by atoms with E-state index in [1.807, 2.05) is 11.3 Å². The zero-order valence-corrected chi connectivity index (χ0v) is 29.1. The Morgan fingerprint density at radius 3 is 2.08 bits per heavy atom. The lowest BCUT2D eigenvalue weighted by molar-refractivity contribution is 0.500. The molecule has 2 nitrogen and oxygen atoms in total. The Morgan fingerprint density at radius 1 is 0.700 bits per heavy atom. The van der Waals surface area contributed by atoms with Gasteiger partial charge in [0.15, 0.2) is 0 Å². The van der Waals surface area contributed by atoms with Crippen LogP contribution in [-0.4, -0.2) is 0 Å². The second-order valence-electron chi connectivity index (χ2n) is 12.9. The first-order valence-electron chi connectivity index (χ1n) is 17.6. The maximum atomic E-state index is 6.79. The maximum Gasteiger partial charge on any atom is 0.138 e. The summed E-state index contributed by atoms with van der Waals surface area (Å²) < 4.78 is 9.41. The maximum absolute atomic E-state index is 6.79. The van der Waals surface area contributed by atoms with E-state index in [0.717, 1.165) is 47.8 Å². The molecule has 0 spiro atoms. The molecule has 0 saturated heterocycles. The van der Waals surface area contributed by atoms with Gasteiger partial charge in [0.05, 0.1) is 5.69 Å². The average molecular weight is 664 g/mol. The topological polar surface area (TPSA) is 16.4 Å². The summed E-state index contributed by atoms with van der Waals surface area (Å²) in [7, 11) is 0. The predicted octanol–water partition coefficient (Wildman–Crippen LogP) is 13.9. The van der Waals surface area contributed by atoms with E-state index >= 15 is 0 Å². The molecule has 1 aliphatic carbocycles. The standard InChI is InChI=1S/C47H37NOS/c1-3-16-35-38-24-15-25-39(47(38)49-43(35)4-2)40-30-42(48(32-17-7-5-8-18-32)33-19-9-6-10-20-33)46(37-23-12-11-21-34(37)40)31-27-28-45-41(29-31)36-22-13-14-26-44(36)50-45/h3,5-14,16-23,25-30H,4,15,24H2,1-2H3/b16-3-. The van der Waals surface area contributed by atoms with Crippen LogP contribution in [0.25, 0.3) is 53.7 Å². The van der Waals surface area contributed by atoms with Gasteiger partial charge in [-0.1, -0.05) is 110 Å². The summed E-state index contributed by atoms with van der Waals surface area (Å²) in [6.07, 6.45) is 9.59. The van der Waals surface area contributed by atoms with E-state index in [-0.39, 0.29) is 0 Å². The van der Waals surface area contributed by atoms with Crippen molar-refractivity contribution in [3.8, 4) is 11.1 Å². The van der Waals surface area contributed by atoms with Crippen LogP contribution in [0, 0.1) is 0 Å². The molecule has 3 heteroatoms. The van der Waals surface area contributed by atoms with Gasteiger partial charge in [0, 0.05) is 60.2 Å². The van der Waals surface area contributed by atoms with E-state index in [9.17, 15) is 0 Å². The summed E-state index contributed by atoms with van der Waals surface area (Å²) in [5.74, 6) is 2.08. The summed E-state index contributed by atoms with van der Waals surface area (Å²) in [6.45, 7) is 4.28. The van der Waals surface area contributed by atoms with Gasteiger partial charge in [0.2, 0.25) is 0 Å². The van der Waals surface area contributed by atoms with Crippen LogP contribution < -0.4 is 4.90 Å². The zero-order valence-electron chi connectivity index (χ0n) is 28.3. The fourth-order valence-electron chi connectivity index (χ4n) is 7.83. The second kappa shape index (κ2) is 12.7. The lowest BCUT2D eigenvalue weighted by Crippen LogP contribution is -2.12. The van der Waals surface area contributed by atoms with Gasteiger partial charge in [-0.3, -0.25) is 0 Å². The Kier molecular flexibility index (Phi) is 7.71. The smallest absolute Gasteiger partial charge is 0.138 e. The number of fused-ring (bicyclic) bond motifs is 5. The number of furan rings is 1. The zero-order chi connectivity index (χ0) is 33.6. The van der Waals surface area contributed by atoms with Gasteiger partial charge in [-0.25, -0.2) is 0 Å². The van der Waals surface area contributed by atoms with Gasteiger partial charge in [-0.05, 0) is 90.2 Å². The van der Waals surface area contributed by atoms with Crippen molar-refractivity contribution in [2.24, 2.45) is 0 Å². The average Bonchev–Trinajstić information content (AvgIpc) is 3.73. The highest BCUT2D eigenvalue weighted by molar-refractivity contribution is 7.25. The molecule has 50 heavy (non-hydrogen) atoms. The third kappa shape index (κ3) is 5.00. The number of rotatable bonds is 7. The molecule has 2 aromatic heterocycles. The minimum Gasteiger partial charge on any atom is -0.460 e. The van der Waals surface area contributed by atoms with Crippen molar-refractivity contribution in [2.75, 3.05) is 4.90 Å². The summed E-state index contributed by atoms with van der Waals surface area (Å²) in [5.41, 5.74) is 10.7. The minimum absolute atomic E-state index is 0.862. The highest BCUT2D eigenvalue weighted by Crippen LogP contribution is 2.50.